The van der Waals surface area contributed by atoms with E-state index < -0.39 is 0 Å². The summed E-state index contributed by atoms with van der Waals surface area (Å²) < 4.78 is 0. The summed E-state index contributed by atoms with van der Waals surface area (Å²) in [5.74, 6) is -0.0405. The van der Waals surface area contributed by atoms with Gasteiger partial charge in [-0.05, 0) is 57.4 Å². The minimum atomic E-state index is -0.0405. The van der Waals surface area contributed by atoms with Gasteiger partial charge in [-0.15, -0.1) is 0 Å². The van der Waals surface area contributed by atoms with Crippen molar-refractivity contribution in [3.05, 3.63) is 63.7 Å². The number of aryl methyl sites for hydroxylation is 5. The second-order valence-electron chi connectivity index (χ2n) is 5.55. The molecule has 0 bridgehead atoms. The maximum Gasteiger partial charge on any atom is 0.255 e. The average Bonchev–Trinajstić information content (AvgIpc) is 2.36. The summed E-state index contributed by atoms with van der Waals surface area (Å²) in [5, 5.41) is 3.05. The highest BCUT2D eigenvalue weighted by molar-refractivity contribution is 6.06. The molecule has 0 aliphatic carbocycles. The molecule has 0 aromatic heterocycles. The molecule has 2 rings (SSSR count). The van der Waals surface area contributed by atoms with Crippen LogP contribution in [0, 0.1) is 34.6 Å². The second kappa shape index (κ2) is 5.49. The number of carbonyl (C=O) groups is 1. The molecule has 0 atom stereocenters. The minimum Gasteiger partial charge on any atom is -0.321 e. The molecule has 20 heavy (non-hydrogen) atoms. The fourth-order valence-electron chi connectivity index (χ4n) is 2.54. The first-order valence-electron chi connectivity index (χ1n) is 6.85. The zero-order valence-electron chi connectivity index (χ0n) is 12.8. The maximum atomic E-state index is 12.5. The molecule has 1 N–H and O–H groups in total. The van der Waals surface area contributed by atoms with Crippen molar-refractivity contribution in [1.82, 2.24) is 0 Å². The highest BCUT2D eigenvalue weighted by Gasteiger charge is 2.12. The number of hydrogen-bond acceptors (Lipinski definition) is 1. The standard InChI is InChI=1S/C18H21NO/c1-11-6-7-13(3)16(10-11)18(20)19-17-14(4)8-12(2)9-15(17)5/h6-10H,1-5H3,(H,19,20). The first-order chi connectivity index (χ1) is 9.38. The average molecular weight is 267 g/mol. The van der Waals surface area contributed by atoms with E-state index in [9.17, 15) is 4.79 Å². The molecule has 0 aliphatic heterocycles. The number of hydrogen-bond donors (Lipinski definition) is 1. The van der Waals surface area contributed by atoms with Gasteiger partial charge < -0.3 is 5.32 Å². The number of rotatable bonds is 2. The van der Waals surface area contributed by atoms with Crippen LogP contribution in [0.25, 0.3) is 0 Å². The van der Waals surface area contributed by atoms with Crippen LogP contribution in [0.15, 0.2) is 30.3 Å². The van der Waals surface area contributed by atoms with Gasteiger partial charge in [0, 0.05) is 11.3 Å². The molecule has 104 valence electrons. The highest BCUT2D eigenvalue weighted by atomic mass is 16.1. The third-order valence-electron chi connectivity index (χ3n) is 3.55. The Hall–Kier alpha value is -2.09. The van der Waals surface area contributed by atoms with E-state index in [-0.39, 0.29) is 5.91 Å². The molecular formula is C18H21NO. The molecule has 2 heteroatoms. The molecule has 0 aliphatic rings. The predicted molar refractivity (Wildman–Crippen MR) is 84.5 cm³/mol. The van der Waals surface area contributed by atoms with Crippen molar-refractivity contribution in [3.8, 4) is 0 Å². The molecule has 1 amide bonds. The molecule has 2 aromatic rings. The van der Waals surface area contributed by atoms with E-state index in [0.29, 0.717) is 0 Å². The normalized spacial score (nSPS) is 10.4. The van der Waals surface area contributed by atoms with E-state index in [2.05, 4.69) is 24.4 Å². The summed E-state index contributed by atoms with van der Waals surface area (Å²) in [5.41, 5.74) is 7.16. The van der Waals surface area contributed by atoms with Crippen molar-refractivity contribution in [1.29, 1.82) is 0 Å². The smallest absolute Gasteiger partial charge is 0.255 e. The number of carbonyl (C=O) groups excluding carboxylic acids is 1. The summed E-state index contributed by atoms with van der Waals surface area (Å²) in [6.07, 6.45) is 0. The fourth-order valence-corrected chi connectivity index (χ4v) is 2.54. The van der Waals surface area contributed by atoms with Crippen molar-refractivity contribution in [2.45, 2.75) is 34.6 Å². The van der Waals surface area contributed by atoms with Gasteiger partial charge in [-0.1, -0.05) is 35.4 Å². The molecule has 0 unspecified atom stereocenters. The first-order valence-corrected chi connectivity index (χ1v) is 6.85. The van der Waals surface area contributed by atoms with Crippen molar-refractivity contribution >= 4 is 11.6 Å². The van der Waals surface area contributed by atoms with E-state index in [1.807, 2.05) is 45.9 Å². The Morgan fingerprint density at radius 2 is 1.40 bits per heavy atom. The van der Waals surface area contributed by atoms with Gasteiger partial charge in [0.05, 0.1) is 0 Å². The molecule has 0 spiro atoms. The molecule has 2 nitrogen and oxygen atoms in total. The van der Waals surface area contributed by atoms with Crippen LogP contribution < -0.4 is 5.32 Å². The molecule has 0 radical (unpaired) electrons. The minimum absolute atomic E-state index is 0.0405. The van der Waals surface area contributed by atoms with Crippen molar-refractivity contribution < 1.29 is 4.79 Å². The van der Waals surface area contributed by atoms with E-state index in [4.69, 9.17) is 0 Å². The topological polar surface area (TPSA) is 29.1 Å². The quantitative estimate of drug-likeness (QED) is 0.854. The molecule has 0 heterocycles. The maximum absolute atomic E-state index is 12.5. The highest BCUT2D eigenvalue weighted by Crippen LogP contribution is 2.23. The number of anilines is 1. The third-order valence-corrected chi connectivity index (χ3v) is 3.55. The monoisotopic (exact) mass is 267 g/mol. The molecule has 0 saturated heterocycles. The lowest BCUT2D eigenvalue weighted by Crippen LogP contribution is -2.15. The number of nitrogens with one attached hydrogen (secondary N) is 1. The van der Waals surface area contributed by atoms with Gasteiger partial charge in [-0.2, -0.15) is 0 Å². The van der Waals surface area contributed by atoms with Gasteiger partial charge in [-0.3, -0.25) is 4.79 Å². The van der Waals surface area contributed by atoms with Crippen LogP contribution in [0.4, 0.5) is 5.69 Å². The zero-order chi connectivity index (χ0) is 14.9. The summed E-state index contributed by atoms with van der Waals surface area (Å²) in [6, 6.07) is 10.1. The van der Waals surface area contributed by atoms with Gasteiger partial charge in [0.2, 0.25) is 0 Å². The van der Waals surface area contributed by atoms with Crippen LogP contribution in [-0.4, -0.2) is 5.91 Å². The van der Waals surface area contributed by atoms with Gasteiger partial charge in [0.15, 0.2) is 0 Å². The van der Waals surface area contributed by atoms with Crippen molar-refractivity contribution in [2.75, 3.05) is 5.32 Å². The summed E-state index contributed by atoms with van der Waals surface area (Å²) in [7, 11) is 0. The Morgan fingerprint density at radius 1 is 0.800 bits per heavy atom. The Balaban J connectivity index is 2.35. The fraction of sp³-hybridized carbons (Fsp3) is 0.278. The van der Waals surface area contributed by atoms with Crippen LogP contribution in [0.2, 0.25) is 0 Å². The molecule has 0 saturated carbocycles. The summed E-state index contributed by atoms with van der Waals surface area (Å²) in [4.78, 5) is 12.5. The molecule has 2 aromatic carbocycles. The zero-order valence-corrected chi connectivity index (χ0v) is 12.8. The molecule has 0 fully saturated rings. The Morgan fingerprint density at radius 3 is 2.00 bits per heavy atom. The predicted octanol–water partition coefficient (Wildman–Crippen LogP) is 4.48. The van der Waals surface area contributed by atoms with E-state index in [1.165, 1.54) is 5.56 Å². The summed E-state index contributed by atoms with van der Waals surface area (Å²) >= 11 is 0. The SMILES string of the molecule is Cc1cc(C)c(NC(=O)c2cc(C)ccc2C)c(C)c1. The van der Waals surface area contributed by atoms with Gasteiger partial charge in [-0.25, -0.2) is 0 Å². The summed E-state index contributed by atoms with van der Waals surface area (Å²) in [6.45, 7) is 10.1. The molecular weight excluding hydrogens is 246 g/mol. The van der Waals surface area contributed by atoms with E-state index in [1.54, 1.807) is 0 Å². The van der Waals surface area contributed by atoms with E-state index >= 15 is 0 Å². The largest absolute Gasteiger partial charge is 0.321 e. The van der Waals surface area contributed by atoms with Crippen LogP contribution in [0.5, 0.6) is 0 Å². The Kier molecular flexibility index (Phi) is 3.93. The van der Waals surface area contributed by atoms with Crippen LogP contribution in [0.1, 0.15) is 38.2 Å². The first kappa shape index (κ1) is 14.3. The van der Waals surface area contributed by atoms with Crippen LogP contribution in [0.3, 0.4) is 0 Å². The Labute approximate surface area is 120 Å². The van der Waals surface area contributed by atoms with Gasteiger partial charge >= 0.3 is 0 Å². The van der Waals surface area contributed by atoms with Gasteiger partial charge in [0.25, 0.3) is 5.91 Å². The van der Waals surface area contributed by atoms with E-state index in [0.717, 1.165) is 33.5 Å². The number of benzene rings is 2. The lowest BCUT2D eigenvalue weighted by molar-refractivity contribution is 0.102. The van der Waals surface area contributed by atoms with Crippen molar-refractivity contribution in [2.24, 2.45) is 0 Å². The van der Waals surface area contributed by atoms with Crippen LogP contribution in [-0.2, 0) is 0 Å². The second-order valence-corrected chi connectivity index (χ2v) is 5.55. The lowest BCUT2D eigenvalue weighted by Gasteiger charge is -2.14. The van der Waals surface area contributed by atoms with Gasteiger partial charge in [0.1, 0.15) is 0 Å². The van der Waals surface area contributed by atoms with Crippen molar-refractivity contribution in [3.63, 3.8) is 0 Å². The number of amides is 1. The Bertz CT molecular complexity index is 648. The van der Waals surface area contributed by atoms with Crippen LogP contribution >= 0.6 is 0 Å². The third kappa shape index (κ3) is 2.90. The lowest BCUT2D eigenvalue weighted by atomic mass is 10.0.